The number of halogens is 1. The van der Waals surface area contributed by atoms with E-state index in [1.807, 2.05) is 72.0 Å². The Labute approximate surface area is 255 Å². The zero-order valence-corrected chi connectivity index (χ0v) is 25.8. The molecule has 0 bridgehead atoms. The minimum atomic E-state index is -0.925. The van der Waals surface area contributed by atoms with Crippen molar-refractivity contribution in [2.75, 3.05) is 5.32 Å². The first kappa shape index (κ1) is 29.8. The number of aromatic nitrogens is 6. The normalized spacial score (nSPS) is 12.3. The van der Waals surface area contributed by atoms with Crippen molar-refractivity contribution < 1.29 is 9.59 Å². The fraction of sp³-hybridized carbons (Fsp3) is 0.281. The van der Waals surface area contributed by atoms with Gasteiger partial charge in [0, 0.05) is 54.7 Å². The minimum Gasteiger partial charge on any atom is -0.339 e. The topological polar surface area (TPSA) is 112 Å². The van der Waals surface area contributed by atoms with Crippen molar-refractivity contribution in [3.8, 4) is 22.4 Å². The Hall–Kier alpha value is -4.70. The molecule has 3 heterocycles. The van der Waals surface area contributed by atoms with Gasteiger partial charge >= 0.3 is 0 Å². The van der Waals surface area contributed by atoms with Gasteiger partial charge in [0.2, 0.25) is 5.91 Å². The Morgan fingerprint density at radius 1 is 0.977 bits per heavy atom. The Morgan fingerprint density at radius 2 is 1.70 bits per heavy atom. The lowest BCUT2D eigenvalue weighted by molar-refractivity contribution is -0.118. The maximum atomic E-state index is 13.7. The number of benzene rings is 2. The zero-order valence-electron chi connectivity index (χ0n) is 25.1. The van der Waals surface area contributed by atoms with E-state index in [0.717, 1.165) is 33.6 Å². The molecular formula is C32H35ClN8O2. The highest BCUT2D eigenvalue weighted by Gasteiger charge is 2.25. The first-order valence-electron chi connectivity index (χ1n) is 13.9. The molecule has 5 aromatic rings. The van der Waals surface area contributed by atoms with Crippen LogP contribution < -0.4 is 10.6 Å². The second-order valence-electron chi connectivity index (χ2n) is 11.6. The molecular weight excluding hydrogens is 564 g/mol. The lowest BCUT2D eigenvalue weighted by atomic mass is 10.00. The first-order valence-corrected chi connectivity index (χ1v) is 14.3. The quantitative estimate of drug-likeness (QED) is 0.249. The number of hydrogen-bond acceptors (Lipinski definition) is 5. The molecule has 1 atom stereocenters. The van der Waals surface area contributed by atoms with Crippen molar-refractivity contribution in [3.63, 3.8) is 0 Å². The molecule has 11 heteroatoms. The molecule has 0 spiro atoms. The third kappa shape index (κ3) is 6.54. The fourth-order valence-electron chi connectivity index (χ4n) is 4.91. The molecule has 2 amide bonds. The largest absolute Gasteiger partial charge is 0.339 e. The molecule has 0 fully saturated rings. The maximum Gasteiger partial charge on any atom is 0.270 e. The molecule has 43 heavy (non-hydrogen) atoms. The fourth-order valence-corrected chi connectivity index (χ4v) is 5.10. The van der Waals surface area contributed by atoms with Crippen LogP contribution in [0.5, 0.6) is 0 Å². The van der Waals surface area contributed by atoms with Crippen LogP contribution in [0, 0.1) is 6.92 Å². The molecule has 0 aliphatic rings. The Bertz CT molecular complexity index is 1760. The van der Waals surface area contributed by atoms with Gasteiger partial charge in [-0.2, -0.15) is 10.2 Å². The van der Waals surface area contributed by atoms with E-state index in [9.17, 15) is 9.59 Å². The third-order valence-corrected chi connectivity index (χ3v) is 7.66. The summed E-state index contributed by atoms with van der Waals surface area (Å²) in [5.74, 6) is -0.789. The van der Waals surface area contributed by atoms with Crippen LogP contribution in [0.4, 0.5) is 5.69 Å². The third-order valence-electron chi connectivity index (χ3n) is 7.29. The molecule has 3 aromatic heterocycles. The SMILES string of the molecule is Cc1ncn(C)c1-c1ccc(NC(=O)[C@H](Cc2cc(-c3cnn(C(C)(C)C)c3)ccc2Cl)NC(=O)c2ccnn2C)cc1. The van der Waals surface area contributed by atoms with Crippen LogP contribution in [0.15, 0.2) is 73.4 Å². The van der Waals surface area contributed by atoms with Crippen LogP contribution in [0.1, 0.15) is 42.5 Å². The van der Waals surface area contributed by atoms with Crippen molar-refractivity contribution in [2.24, 2.45) is 14.1 Å². The predicted molar refractivity (Wildman–Crippen MR) is 168 cm³/mol. The summed E-state index contributed by atoms with van der Waals surface area (Å²) >= 11 is 6.64. The number of hydrogen-bond donors (Lipinski definition) is 2. The van der Waals surface area contributed by atoms with Crippen molar-refractivity contribution in [3.05, 3.63) is 95.4 Å². The second kappa shape index (κ2) is 11.9. The molecule has 10 nitrogen and oxygen atoms in total. The number of nitrogens with one attached hydrogen (secondary N) is 2. The molecule has 5 rings (SSSR count). The average Bonchev–Trinajstić information content (AvgIpc) is 3.70. The van der Waals surface area contributed by atoms with Crippen molar-refractivity contribution >= 4 is 29.1 Å². The summed E-state index contributed by atoms with van der Waals surface area (Å²) in [6, 6.07) is 13.9. The highest BCUT2D eigenvalue weighted by molar-refractivity contribution is 6.31. The monoisotopic (exact) mass is 598 g/mol. The van der Waals surface area contributed by atoms with E-state index >= 15 is 0 Å². The van der Waals surface area contributed by atoms with Gasteiger partial charge in [-0.3, -0.25) is 19.0 Å². The standard InChI is InChI=1S/C32H35ClN8O2/c1-20-29(39(5)19-34-20)21-7-10-25(11-8-21)37-30(42)27(38-31(43)28-13-14-35-40(28)6)16-23-15-22(9-12-26(23)33)24-17-36-41(18-24)32(2,3)4/h7-15,17-19,27H,16H2,1-6H3,(H,37,42)(H,38,43)/t27-/m0/s1. The van der Waals surface area contributed by atoms with Crippen LogP contribution in [0.3, 0.4) is 0 Å². The molecule has 0 saturated carbocycles. The van der Waals surface area contributed by atoms with Gasteiger partial charge < -0.3 is 15.2 Å². The number of carbonyl (C=O) groups is 2. The van der Waals surface area contributed by atoms with Gasteiger partial charge in [0.15, 0.2) is 0 Å². The lowest BCUT2D eigenvalue weighted by Gasteiger charge is -2.20. The van der Waals surface area contributed by atoms with Gasteiger partial charge in [-0.1, -0.05) is 29.8 Å². The Balaban J connectivity index is 1.41. The summed E-state index contributed by atoms with van der Waals surface area (Å²) in [5.41, 5.74) is 6.23. The van der Waals surface area contributed by atoms with Crippen molar-refractivity contribution in [1.82, 2.24) is 34.4 Å². The van der Waals surface area contributed by atoms with Crippen LogP contribution in [0.25, 0.3) is 22.4 Å². The van der Waals surface area contributed by atoms with Gasteiger partial charge in [-0.15, -0.1) is 0 Å². The zero-order chi connectivity index (χ0) is 30.9. The Morgan fingerprint density at radius 3 is 2.30 bits per heavy atom. The highest BCUT2D eigenvalue weighted by Crippen LogP contribution is 2.28. The number of amides is 2. The molecule has 2 N–H and O–H groups in total. The number of anilines is 1. The number of carbonyl (C=O) groups excluding carboxylic acids is 2. The van der Waals surface area contributed by atoms with Crippen molar-refractivity contribution in [1.29, 1.82) is 0 Å². The van der Waals surface area contributed by atoms with Crippen LogP contribution in [-0.2, 0) is 30.8 Å². The molecule has 222 valence electrons. The lowest BCUT2D eigenvalue weighted by Crippen LogP contribution is -2.45. The second-order valence-corrected chi connectivity index (χ2v) is 12.0. The minimum absolute atomic E-state index is 0.165. The molecule has 0 radical (unpaired) electrons. The van der Waals surface area contributed by atoms with Gasteiger partial charge in [-0.25, -0.2) is 4.98 Å². The van der Waals surface area contributed by atoms with Crippen LogP contribution in [0.2, 0.25) is 5.02 Å². The van der Waals surface area contributed by atoms with Crippen molar-refractivity contribution in [2.45, 2.75) is 45.7 Å². The van der Waals surface area contributed by atoms with E-state index in [0.29, 0.717) is 16.4 Å². The van der Waals surface area contributed by atoms with E-state index < -0.39 is 11.9 Å². The maximum absolute atomic E-state index is 13.7. The molecule has 0 aliphatic heterocycles. The molecule has 0 unspecified atom stereocenters. The summed E-state index contributed by atoms with van der Waals surface area (Å²) in [5, 5.41) is 14.9. The van der Waals surface area contributed by atoms with Crippen LogP contribution >= 0.6 is 11.6 Å². The number of rotatable bonds is 8. The summed E-state index contributed by atoms with van der Waals surface area (Å²) in [7, 11) is 3.62. The van der Waals surface area contributed by atoms with E-state index in [2.05, 4.69) is 46.6 Å². The van der Waals surface area contributed by atoms with Crippen LogP contribution in [-0.4, -0.2) is 47.0 Å². The molecule has 2 aromatic carbocycles. The molecule has 0 saturated heterocycles. The smallest absolute Gasteiger partial charge is 0.270 e. The van der Waals surface area contributed by atoms with E-state index in [1.165, 1.54) is 10.9 Å². The number of nitrogens with zero attached hydrogens (tertiary/aromatic N) is 6. The predicted octanol–water partition coefficient (Wildman–Crippen LogP) is 5.38. The van der Waals surface area contributed by atoms with Gasteiger partial charge in [-0.05, 0) is 69.2 Å². The Kier molecular flexibility index (Phi) is 8.23. The van der Waals surface area contributed by atoms with E-state index in [1.54, 1.807) is 25.5 Å². The number of aryl methyl sites for hydroxylation is 3. The van der Waals surface area contributed by atoms with Gasteiger partial charge in [0.25, 0.3) is 5.91 Å². The summed E-state index contributed by atoms with van der Waals surface area (Å²) in [4.78, 5) is 31.2. The van der Waals surface area contributed by atoms with Gasteiger partial charge in [0.05, 0.1) is 29.5 Å². The number of imidazole rings is 1. The van der Waals surface area contributed by atoms with Gasteiger partial charge in [0.1, 0.15) is 11.7 Å². The summed E-state index contributed by atoms with van der Waals surface area (Å²) in [6.07, 6.45) is 7.27. The highest BCUT2D eigenvalue weighted by atomic mass is 35.5. The summed E-state index contributed by atoms with van der Waals surface area (Å²) < 4.78 is 5.32. The van der Waals surface area contributed by atoms with E-state index in [-0.39, 0.29) is 17.9 Å². The average molecular weight is 599 g/mol. The van der Waals surface area contributed by atoms with E-state index in [4.69, 9.17) is 11.6 Å². The molecule has 0 aliphatic carbocycles. The first-order chi connectivity index (χ1) is 20.4. The summed E-state index contributed by atoms with van der Waals surface area (Å²) in [6.45, 7) is 8.20.